The molecule has 0 radical (unpaired) electrons. The van der Waals surface area contributed by atoms with Crippen LogP contribution in [0.1, 0.15) is 32.1 Å². The molecular formula is C16H22FNO3. The third kappa shape index (κ3) is 5.01. The van der Waals surface area contributed by atoms with Crippen molar-refractivity contribution in [1.29, 1.82) is 0 Å². The van der Waals surface area contributed by atoms with Crippen molar-refractivity contribution in [2.45, 2.75) is 38.2 Å². The molecule has 1 aliphatic rings. The molecule has 2 N–H and O–H groups in total. The fraction of sp³-hybridized carbons (Fsp3) is 0.562. The molecular weight excluding hydrogens is 273 g/mol. The molecule has 2 unspecified atom stereocenters. The second-order valence-corrected chi connectivity index (χ2v) is 5.44. The lowest BCUT2D eigenvalue weighted by molar-refractivity contribution is -0.122. The van der Waals surface area contributed by atoms with Gasteiger partial charge in [0.05, 0.1) is 19.1 Å². The lowest BCUT2D eigenvalue weighted by Crippen LogP contribution is -2.37. The third-order valence-electron chi connectivity index (χ3n) is 3.85. The molecule has 0 heterocycles. The fourth-order valence-electron chi connectivity index (χ4n) is 2.57. The molecule has 1 aliphatic carbocycles. The third-order valence-corrected chi connectivity index (χ3v) is 3.85. The van der Waals surface area contributed by atoms with E-state index >= 15 is 0 Å². The van der Waals surface area contributed by atoms with Gasteiger partial charge < -0.3 is 15.2 Å². The molecule has 1 aromatic carbocycles. The summed E-state index contributed by atoms with van der Waals surface area (Å²) in [6.07, 6.45) is 3.80. The minimum absolute atomic E-state index is 0.135. The highest BCUT2D eigenvalue weighted by Gasteiger charge is 2.23. The summed E-state index contributed by atoms with van der Waals surface area (Å²) in [6, 6.07) is 6.12. The first-order chi connectivity index (χ1) is 10.2. The van der Waals surface area contributed by atoms with E-state index in [0.717, 1.165) is 25.7 Å². The van der Waals surface area contributed by atoms with E-state index in [0.29, 0.717) is 6.54 Å². The number of rotatable bonds is 6. The van der Waals surface area contributed by atoms with Crippen LogP contribution in [0.25, 0.3) is 0 Å². The molecule has 1 aromatic rings. The summed E-state index contributed by atoms with van der Waals surface area (Å²) in [5.41, 5.74) is 0. The van der Waals surface area contributed by atoms with E-state index < -0.39 is 5.82 Å². The quantitative estimate of drug-likeness (QED) is 0.846. The zero-order chi connectivity index (χ0) is 15.1. The Kier molecular flexibility index (Phi) is 5.99. The summed E-state index contributed by atoms with van der Waals surface area (Å²) >= 11 is 0. The van der Waals surface area contributed by atoms with Crippen molar-refractivity contribution >= 4 is 5.91 Å². The van der Waals surface area contributed by atoms with E-state index in [1.54, 1.807) is 12.1 Å². The molecule has 2 atom stereocenters. The number of carbonyl (C=O) groups is 1. The number of hydrogen-bond donors (Lipinski definition) is 2. The van der Waals surface area contributed by atoms with Crippen molar-refractivity contribution in [3.05, 3.63) is 30.1 Å². The predicted molar refractivity (Wildman–Crippen MR) is 77.5 cm³/mol. The van der Waals surface area contributed by atoms with Crippen LogP contribution < -0.4 is 10.1 Å². The summed E-state index contributed by atoms with van der Waals surface area (Å²) in [6.45, 7) is 0.639. The van der Waals surface area contributed by atoms with Crippen molar-refractivity contribution in [3.63, 3.8) is 0 Å². The van der Waals surface area contributed by atoms with Crippen LogP contribution in [-0.2, 0) is 4.79 Å². The minimum Gasteiger partial charge on any atom is -0.490 e. The smallest absolute Gasteiger partial charge is 0.223 e. The Morgan fingerprint density at radius 2 is 2.10 bits per heavy atom. The van der Waals surface area contributed by atoms with Gasteiger partial charge in [0.15, 0.2) is 11.6 Å². The van der Waals surface area contributed by atoms with E-state index in [2.05, 4.69) is 5.32 Å². The van der Waals surface area contributed by atoms with Gasteiger partial charge in [-0.3, -0.25) is 4.79 Å². The van der Waals surface area contributed by atoms with E-state index in [1.807, 2.05) is 0 Å². The maximum Gasteiger partial charge on any atom is 0.223 e. The molecule has 0 saturated heterocycles. The average molecular weight is 295 g/mol. The molecule has 1 fully saturated rings. The van der Waals surface area contributed by atoms with Gasteiger partial charge in [0.2, 0.25) is 5.91 Å². The number of aliphatic hydroxyl groups is 1. The maximum absolute atomic E-state index is 13.3. The van der Waals surface area contributed by atoms with Gasteiger partial charge in [0, 0.05) is 12.5 Å². The van der Waals surface area contributed by atoms with Crippen molar-refractivity contribution in [2.75, 3.05) is 13.2 Å². The molecule has 2 rings (SSSR count). The van der Waals surface area contributed by atoms with Gasteiger partial charge in [0.25, 0.3) is 0 Å². The van der Waals surface area contributed by atoms with Crippen molar-refractivity contribution in [1.82, 2.24) is 5.32 Å². The molecule has 116 valence electrons. The zero-order valence-electron chi connectivity index (χ0n) is 12.1. The molecule has 0 bridgehead atoms. The molecule has 21 heavy (non-hydrogen) atoms. The number of para-hydroxylation sites is 1. The Balaban J connectivity index is 1.64. The summed E-state index contributed by atoms with van der Waals surface area (Å²) in [7, 11) is 0. The molecule has 1 saturated carbocycles. The monoisotopic (exact) mass is 295 g/mol. The largest absolute Gasteiger partial charge is 0.490 e. The molecule has 0 aliphatic heterocycles. The van der Waals surface area contributed by atoms with Crippen LogP contribution >= 0.6 is 0 Å². The van der Waals surface area contributed by atoms with Gasteiger partial charge in [-0.2, -0.15) is 0 Å². The van der Waals surface area contributed by atoms with Crippen LogP contribution in [0, 0.1) is 11.7 Å². The van der Waals surface area contributed by atoms with Crippen molar-refractivity contribution in [3.8, 4) is 5.75 Å². The Labute approximate surface area is 124 Å². The summed E-state index contributed by atoms with van der Waals surface area (Å²) in [5.74, 6) is -0.254. The second kappa shape index (κ2) is 7.98. The van der Waals surface area contributed by atoms with E-state index in [1.165, 1.54) is 12.1 Å². The minimum atomic E-state index is -0.428. The number of carbonyl (C=O) groups excluding carboxylic acids is 1. The van der Waals surface area contributed by atoms with Crippen LogP contribution in [0.15, 0.2) is 24.3 Å². The van der Waals surface area contributed by atoms with E-state index in [9.17, 15) is 14.3 Å². The first-order valence-electron chi connectivity index (χ1n) is 7.49. The lowest BCUT2D eigenvalue weighted by Gasteiger charge is -2.27. The number of amides is 1. The average Bonchev–Trinajstić information content (AvgIpc) is 2.48. The van der Waals surface area contributed by atoms with Gasteiger partial charge in [-0.1, -0.05) is 25.0 Å². The van der Waals surface area contributed by atoms with Gasteiger partial charge in [-0.05, 0) is 25.0 Å². The molecule has 4 nitrogen and oxygen atoms in total. The molecule has 1 amide bonds. The van der Waals surface area contributed by atoms with E-state index in [-0.39, 0.29) is 36.7 Å². The SMILES string of the molecule is O=C(CCOc1ccccc1F)NCC1CCCCC1O. The lowest BCUT2D eigenvalue weighted by atomic mass is 9.86. The number of nitrogens with one attached hydrogen (secondary N) is 1. The number of halogens is 1. The summed E-state index contributed by atoms with van der Waals surface area (Å²) < 4.78 is 18.5. The maximum atomic E-state index is 13.3. The molecule has 0 spiro atoms. The van der Waals surface area contributed by atoms with Gasteiger partial charge in [-0.15, -0.1) is 0 Å². The van der Waals surface area contributed by atoms with Crippen LogP contribution in [-0.4, -0.2) is 30.3 Å². The summed E-state index contributed by atoms with van der Waals surface area (Å²) in [5, 5.41) is 12.6. The van der Waals surface area contributed by atoms with Crippen LogP contribution in [0.2, 0.25) is 0 Å². The molecule has 0 aromatic heterocycles. The van der Waals surface area contributed by atoms with Crippen LogP contribution in [0.5, 0.6) is 5.75 Å². The Morgan fingerprint density at radius 3 is 2.86 bits per heavy atom. The van der Waals surface area contributed by atoms with Gasteiger partial charge in [-0.25, -0.2) is 4.39 Å². The summed E-state index contributed by atoms with van der Waals surface area (Å²) in [4.78, 5) is 11.7. The number of aliphatic hydroxyl groups excluding tert-OH is 1. The highest BCUT2D eigenvalue weighted by molar-refractivity contribution is 5.75. The first kappa shape index (κ1) is 15.8. The van der Waals surface area contributed by atoms with Gasteiger partial charge in [0.1, 0.15) is 0 Å². The number of ether oxygens (including phenoxy) is 1. The normalized spacial score (nSPS) is 21.8. The van der Waals surface area contributed by atoms with E-state index in [4.69, 9.17) is 4.74 Å². The predicted octanol–water partition coefficient (Wildman–Crippen LogP) is 2.26. The van der Waals surface area contributed by atoms with Crippen molar-refractivity contribution < 1.29 is 19.0 Å². The highest BCUT2D eigenvalue weighted by atomic mass is 19.1. The molecule has 5 heteroatoms. The second-order valence-electron chi connectivity index (χ2n) is 5.44. The standard InChI is InChI=1S/C16H22FNO3/c17-13-6-2-4-8-15(13)21-10-9-16(20)18-11-12-5-1-3-7-14(12)19/h2,4,6,8,12,14,19H,1,3,5,7,9-11H2,(H,18,20). The van der Waals surface area contributed by atoms with Gasteiger partial charge >= 0.3 is 0 Å². The van der Waals surface area contributed by atoms with Crippen LogP contribution in [0.3, 0.4) is 0 Å². The Hall–Kier alpha value is -1.62. The highest BCUT2D eigenvalue weighted by Crippen LogP contribution is 2.23. The number of hydrogen-bond acceptors (Lipinski definition) is 3. The fourth-order valence-corrected chi connectivity index (χ4v) is 2.57. The Morgan fingerprint density at radius 1 is 1.33 bits per heavy atom. The van der Waals surface area contributed by atoms with Crippen LogP contribution in [0.4, 0.5) is 4.39 Å². The zero-order valence-corrected chi connectivity index (χ0v) is 12.1. The topological polar surface area (TPSA) is 58.6 Å². The van der Waals surface area contributed by atoms with Crippen molar-refractivity contribution in [2.24, 2.45) is 5.92 Å². The first-order valence-corrected chi connectivity index (χ1v) is 7.49. The number of benzene rings is 1. The Bertz CT molecular complexity index is 467.